The highest BCUT2D eigenvalue weighted by molar-refractivity contribution is 9.10. The van der Waals surface area contributed by atoms with Crippen LogP contribution in [0.1, 0.15) is 10.6 Å². The number of para-hydroxylation sites is 1. The van der Waals surface area contributed by atoms with Crippen molar-refractivity contribution in [3.63, 3.8) is 0 Å². The summed E-state index contributed by atoms with van der Waals surface area (Å²) < 4.78 is 31.3. The molecule has 0 aliphatic heterocycles. The summed E-state index contributed by atoms with van der Waals surface area (Å²) in [5.74, 6) is -0.467. The van der Waals surface area contributed by atoms with Crippen molar-refractivity contribution < 1.29 is 17.6 Å². The van der Waals surface area contributed by atoms with Crippen molar-refractivity contribution in [3.8, 4) is 0 Å². The van der Waals surface area contributed by atoms with E-state index in [1.807, 2.05) is 18.2 Å². The van der Waals surface area contributed by atoms with Gasteiger partial charge in [0.2, 0.25) is 14.9 Å². The largest absolute Gasteiger partial charge is 0.439 e. The summed E-state index contributed by atoms with van der Waals surface area (Å²) in [5.41, 5.74) is 0.682. The van der Waals surface area contributed by atoms with Crippen LogP contribution >= 0.6 is 15.9 Å². The summed E-state index contributed by atoms with van der Waals surface area (Å²) in [6.45, 7) is 0. The normalized spacial score (nSPS) is 11.3. The summed E-state index contributed by atoms with van der Waals surface area (Å²) in [6.07, 6.45) is 0. The van der Waals surface area contributed by atoms with Crippen molar-refractivity contribution in [2.24, 2.45) is 0 Å². The smallest absolute Gasteiger partial charge is 0.293 e. The number of sulfone groups is 1. The molecule has 0 aliphatic rings. The van der Waals surface area contributed by atoms with Gasteiger partial charge in [-0.25, -0.2) is 8.42 Å². The van der Waals surface area contributed by atoms with E-state index in [0.29, 0.717) is 5.69 Å². The van der Waals surface area contributed by atoms with Crippen molar-refractivity contribution in [1.82, 2.24) is 0 Å². The molecule has 0 atom stereocenters. The topological polar surface area (TPSA) is 67.6 Å². The Morgan fingerprint density at radius 2 is 1.60 bits per heavy atom. The number of anilines is 1. The third-order valence-corrected chi connectivity index (χ3v) is 5.80. The fraction of sp³-hybridized carbons (Fsp3) is 0.0556. The minimum absolute atomic E-state index is 0.0398. The van der Waals surface area contributed by atoms with E-state index in [2.05, 4.69) is 15.9 Å². The summed E-state index contributed by atoms with van der Waals surface area (Å²) in [7, 11) is -2.22. The molecule has 0 saturated carbocycles. The van der Waals surface area contributed by atoms with Crippen LogP contribution in [-0.4, -0.2) is 21.4 Å². The average molecular weight is 420 g/mol. The SMILES string of the molecule is CN(C(=O)c1ccc(S(=O)(=O)c2ccc(Br)cc2)o1)c1ccccc1. The molecule has 7 heteroatoms. The predicted octanol–water partition coefficient (Wildman–Crippen LogP) is 4.15. The number of halogens is 1. The molecule has 0 aliphatic carbocycles. The molecule has 3 aromatic rings. The zero-order valence-corrected chi connectivity index (χ0v) is 15.6. The third-order valence-electron chi connectivity index (χ3n) is 3.63. The van der Waals surface area contributed by atoms with E-state index in [1.54, 1.807) is 31.3 Å². The van der Waals surface area contributed by atoms with Crippen LogP contribution in [0.25, 0.3) is 0 Å². The van der Waals surface area contributed by atoms with Gasteiger partial charge < -0.3 is 9.32 Å². The number of carbonyl (C=O) groups excluding carboxylic acids is 1. The van der Waals surface area contributed by atoms with Gasteiger partial charge >= 0.3 is 0 Å². The number of carbonyl (C=O) groups is 1. The maximum absolute atomic E-state index is 12.6. The molecule has 25 heavy (non-hydrogen) atoms. The van der Waals surface area contributed by atoms with Crippen LogP contribution < -0.4 is 4.90 Å². The molecule has 1 heterocycles. The molecule has 0 bridgehead atoms. The molecule has 2 aromatic carbocycles. The number of hydrogen-bond donors (Lipinski definition) is 0. The van der Waals surface area contributed by atoms with Gasteiger partial charge in [-0.3, -0.25) is 4.79 Å². The molecule has 128 valence electrons. The number of benzene rings is 2. The average Bonchev–Trinajstić information content (AvgIpc) is 3.12. The van der Waals surface area contributed by atoms with E-state index in [1.165, 1.54) is 29.2 Å². The Balaban J connectivity index is 1.89. The molecule has 0 N–H and O–H groups in total. The second kappa shape index (κ2) is 6.85. The van der Waals surface area contributed by atoms with Crippen molar-refractivity contribution in [2.45, 2.75) is 9.99 Å². The van der Waals surface area contributed by atoms with Crippen molar-refractivity contribution in [2.75, 3.05) is 11.9 Å². The summed E-state index contributed by atoms with van der Waals surface area (Å²) in [6, 6.07) is 17.9. The van der Waals surface area contributed by atoms with Crippen LogP contribution in [0.15, 0.2) is 85.6 Å². The fourth-order valence-electron chi connectivity index (χ4n) is 2.24. The zero-order valence-electron chi connectivity index (χ0n) is 13.2. The first kappa shape index (κ1) is 17.4. The van der Waals surface area contributed by atoms with E-state index in [4.69, 9.17) is 4.42 Å². The molecule has 1 amide bonds. The molecule has 0 spiro atoms. The molecular formula is C18H14BrNO4S. The Kier molecular flexibility index (Phi) is 4.78. The second-order valence-corrected chi connectivity index (χ2v) is 8.07. The standard InChI is InChI=1S/C18H14BrNO4S/c1-20(14-5-3-2-4-6-14)18(21)16-11-12-17(24-16)25(22,23)15-9-7-13(19)8-10-15/h2-12H,1H3. The monoisotopic (exact) mass is 419 g/mol. The van der Waals surface area contributed by atoms with E-state index in [9.17, 15) is 13.2 Å². The Morgan fingerprint density at radius 1 is 0.960 bits per heavy atom. The van der Waals surface area contributed by atoms with Crippen LogP contribution in [0.5, 0.6) is 0 Å². The van der Waals surface area contributed by atoms with Crippen LogP contribution in [0.4, 0.5) is 5.69 Å². The molecule has 0 fully saturated rings. The molecule has 5 nitrogen and oxygen atoms in total. The zero-order chi connectivity index (χ0) is 18.0. The highest BCUT2D eigenvalue weighted by atomic mass is 79.9. The lowest BCUT2D eigenvalue weighted by molar-refractivity contribution is 0.0961. The predicted molar refractivity (Wildman–Crippen MR) is 97.5 cm³/mol. The Morgan fingerprint density at radius 3 is 2.24 bits per heavy atom. The number of hydrogen-bond acceptors (Lipinski definition) is 4. The van der Waals surface area contributed by atoms with Crippen LogP contribution in [0.2, 0.25) is 0 Å². The fourth-order valence-corrected chi connectivity index (χ4v) is 3.68. The van der Waals surface area contributed by atoms with Crippen molar-refractivity contribution in [3.05, 3.63) is 77.0 Å². The molecule has 3 rings (SSSR count). The number of nitrogens with zero attached hydrogens (tertiary/aromatic N) is 1. The number of rotatable bonds is 4. The van der Waals surface area contributed by atoms with Crippen LogP contribution in [0.3, 0.4) is 0 Å². The molecule has 1 aromatic heterocycles. The summed E-state index contributed by atoms with van der Waals surface area (Å²) in [4.78, 5) is 14.0. The highest BCUT2D eigenvalue weighted by Gasteiger charge is 2.25. The minimum Gasteiger partial charge on any atom is -0.439 e. The Labute approximate surface area is 153 Å². The van der Waals surface area contributed by atoms with Crippen LogP contribution in [0, 0.1) is 0 Å². The minimum atomic E-state index is -3.82. The van der Waals surface area contributed by atoms with Gasteiger partial charge in [0.15, 0.2) is 5.76 Å². The first-order valence-corrected chi connectivity index (χ1v) is 9.61. The van der Waals surface area contributed by atoms with Gasteiger partial charge in [0.25, 0.3) is 5.91 Å². The van der Waals surface area contributed by atoms with Gasteiger partial charge in [-0.2, -0.15) is 0 Å². The van der Waals surface area contributed by atoms with E-state index < -0.39 is 15.7 Å². The van der Waals surface area contributed by atoms with Gasteiger partial charge in [-0.1, -0.05) is 34.1 Å². The van der Waals surface area contributed by atoms with Crippen molar-refractivity contribution in [1.29, 1.82) is 0 Å². The second-order valence-electron chi connectivity index (χ2n) is 5.28. The summed E-state index contributed by atoms with van der Waals surface area (Å²) >= 11 is 3.26. The Bertz CT molecular complexity index is 995. The molecular weight excluding hydrogens is 406 g/mol. The van der Waals surface area contributed by atoms with Crippen LogP contribution in [-0.2, 0) is 9.84 Å². The molecule has 0 radical (unpaired) electrons. The lowest BCUT2D eigenvalue weighted by Crippen LogP contribution is -2.25. The molecule has 0 saturated heterocycles. The maximum atomic E-state index is 12.6. The van der Waals surface area contributed by atoms with E-state index in [0.717, 1.165) is 4.47 Å². The quantitative estimate of drug-likeness (QED) is 0.636. The van der Waals surface area contributed by atoms with Gasteiger partial charge in [-0.05, 0) is 48.5 Å². The maximum Gasteiger partial charge on any atom is 0.293 e. The molecule has 0 unspecified atom stereocenters. The van der Waals surface area contributed by atoms with E-state index in [-0.39, 0.29) is 15.7 Å². The first-order chi connectivity index (χ1) is 11.9. The third kappa shape index (κ3) is 3.52. The van der Waals surface area contributed by atoms with E-state index >= 15 is 0 Å². The lowest BCUT2D eigenvalue weighted by Gasteiger charge is -2.15. The van der Waals surface area contributed by atoms with Gasteiger partial charge in [-0.15, -0.1) is 0 Å². The number of amides is 1. The highest BCUT2D eigenvalue weighted by Crippen LogP contribution is 2.25. The number of furan rings is 1. The van der Waals surface area contributed by atoms with Gasteiger partial charge in [0.05, 0.1) is 4.90 Å². The van der Waals surface area contributed by atoms with Gasteiger partial charge in [0, 0.05) is 17.2 Å². The summed E-state index contributed by atoms with van der Waals surface area (Å²) in [5, 5.41) is -0.264. The first-order valence-electron chi connectivity index (χ1n) is 7.33. The lowest BCUT2D eigenvalue weighted by atomic mass is 10.3. The Hall–Kier alpha value is -2.38. The van der Waals surface area contributed by atoms with Crippen molar-refractivity contribution >= 4 is 37.4 Å². The van der Waals surface area contributed by atoms with Gasteiger partial charge in [0.1, 0.15) is 0 Å².